The molecule has 0 radical (unpaired) electrons. The topological polar surface area (TPSA) is 94.2 Å². The van der Waals surface area contributed by atoms with E-state index in [1.54, 1.807) is 36.4 Å². The van der Waals surface area contributed by atoms with Crippen molar-refractivity contribution in [1.29, 1.82) is 0 Å². The highest BCUT2D eigenvalue weighted by molar-refractivity contribution is 7.92. The number of anilines is 1. The second-order valence-corrected chi connectivity index (χ2v) is 10.5. The van der Waals surface area contributed by atoms with Gasteiger partial charge in [0.25, 0.3) is 15.9 Å². The number of hydrogen-bond donors (Lipinski definition) is 1. The van der Waals surface area contributed by atoms with Crippen molar-refractivity contribution in [3.05, 3.63) is 78.4 Å². The number of nitrogens with zero attached hydrogens (tertiary/aromatic N) is 1. The van der Waals surface area contributed by atoms with Gasteiger partial charge < -0.3 is 19.5 Å². The summed E-state index contributed by atoms with van der Waals surface area (Å²) in [4.78, 5) is 13.1. The van der Waals surface area contributed by atoms with Crippen LogP contribution in [0.15, 0.2) is 77.7 Å². The van der Waals surface area contributed by atoms with Gasteiger partial charge in [-0.05, 0) is 53.9 Å². The number of carbonyl (C=O) groups excluding carboxylic acids is 1. The highest BCUT2D eigenvalue weighted by Gasteiger charge is 2.37. The van der Waals surface area contributed by atoms with Crippen molar-refractivity contribution in [3.8, 4) is 17.2 Å². The molecule has 1 N–H and O–H groups in total. The van der Waals surface area contributed by atoms with Crippen molar-refractivity contribution in [3.63, 3.8) is 0 Å². The Bertz CT molecular complexity index is 1310. The van der Waals surface area contributed by atoms with Crippen molar-refractivity contribution < 1.29 is 27.4 Å². The third-order valence-electron chi connectivity index (χ3n) is 5.87. The summed E-state index contributed by atoms with van der Waals surface area (Å²) in [5.41, 5.74) is 1.47. The SMILES string of the molecule is COc1ccc(S(=O)(=O)N2CC(C(=O)NCCOc3ccccc3C(C)C)Oc3ccccc32)cc1. The molecule has 0 aromatic heterocycles. The van der Waals surface area contributed by atoms with Crippen molar-refractivity contribution in [2.45, 2.75) is 30.8 Å². The maximum absolute atomic E-state index is 13.5. The van der Waals surface area contributed by atoms with Crippen molar-refractivity contribution in [2.24, 2.45) is 0 Å². The van der Waals surface area contributed by atoms with Gasteiger partial charge in [-0.1, -0.05) is 44.2 Å². The van der Waals surface area contributed by atoms with Crippen LogP contribution in [0, 0.1) is 0 Å². The molecule has 36 heavy (non-hydrogen) atoms. The number of fused-ring (bicyclic) bond motifs is 1. The van der Waals surface area contributed by atoms with E-state index in [2.05, 4.69) is 19.2 Å². The number of amides is 1. The van der Waals surface area contributed by atoms with Crippen LogP contribution in [0.5, 0.6) is 17.2 Å². The molecule has 1 unspecified atom stereocenters. The Balaban J connectivity index is 1.45. The summed E-state index contributed by atoms with van der Waals surface area (Å²) in [7, 11) is -2.43. The first kappa shape index (κ1) is 25.4. The molecule has 9 heteroatoms. The number of para-hydroxylation sites is 3. The van der Waals surface area contributed by atoms with Gasteiger partial charge in [0.15, 0.2) is 6.10 Å². The quantitative estimate of drug-likeness (QED) is 0.438. The summed E-state index contributed by atoms with van der Waals surface area (Å²) in [6.07, 6.45) is -1.02. The van der Waals surface area contributed by atoms with Gasteiger partial charge in [-0.3, -0.25) is 9.10 Å². The Kier molecular flexibility index (Phi) is 7.69. The molecule has 3 aromatic rings. The third-order valence-corrected chi connectivity index (χ3v) is 7.67. The molecule has 190 valence electrons. The molecule has 0 saturated heterocycles. The zero-order valence-corrected chi connectivity index (χ0v) is 21.3. The fraction of sp³-hybridized carbons (Fsp3) is 0.296. The number of sulfonamides is 1. The lowest BCUT2D eigenvalue weighted by Gasteiger charge is -2.34. The highest BCUT2D eigenvalue weighted by Crippen LogP contribution is 2.37. The van der Waals surface area contributed by atoms with E-state index in [0.717, 1.165) is 11.3 Å². The Morgan fingerprint density at radius 3 is 2.47 bits per heavy atom. The van der Waals surface area contributed by atoms with E-state index in [0.29, 0.717) is 23.1 Å². The van der Waals surface area contributed by atoms with E-state index < -0.39 is 22.0 Å². The van der Waals surface area contributed by atoms with Crippen molar-refractivity contribution in [2.75, 3.05) is 31.1 Å². The minimum atomic E-state index is -3.95. The van der Waals surface area contributed by atoms with E-state index in [1.807, 2.05) is 24.3 Å². The van der Waals surface area contributed by atoms with E-state index in [9.17, 15) is 13.2 Å². The third kappa shape index (κ3) is 5.41. The van der Waals surface area contributed by atoms with Gasteiger partial charge in [0.1, 0.15) is 23.9 Å². The zero-order valence-electron chi connectivity index (χ0n) is 20.5. The fourth-order valence-electron chi connectivity index (χ4n) is 3.98. The summed E-state index contributed by atoms with van der Waals surface area (Å²) < 4.78 is 45.1. The van der Waals surface area contributed by atoms with Crippen LogP contribution in [-0.4, -0.2) is 47.2 Å². The van der Waals surface area contributed by atoms with E-state index >= 15 is 0 Å². The first-order valence-corrected chi connectivity index (χ1v) is 13.2. The summed E-state index contributed by atoms with van der Waals surface area (Å²) in [6, 6.07) is 20.7. The number of rotatable bonds is 9. The van der Waals surface area contributed by atoms with Crippen LogP contribution < -0.4 is 23.8 Å². The molecule has 0 fully saturated rings. The number of ether oxygens (including phenoxy) is 3. The monoisotopic (exact) mass is 510 g/mol. The number of nitrogens with one attached hydrogen (secondary N) is 1. The van der Waals surface area contributed by atoms with E-state index in [1.165, 1.54) is 23.5 Å². The summed E-state index contributed by atoms with van der Waals surface area (Å²) in [6.45, 7) is 4.54. The Hall–Kier alpha value is -3.72. The molecule has 0 aliphatic carbocycles. The number of methoxy groups -OCH3 is 1. The number of hydrogen-bond acceptors (Lipinski definition) is 6. The average molecular weight is 511 g/mol. The molecule has 0 spiro atoms. The van der Waals surface area contributed by atoms with Crippen LogP contribution in [0.2, 0.25) is 0 Å². The minimum Gasteiger partial charge on any atom is -0.497 e. The Labute approximate surface area is 211 Å². The minimum absolute atomic E-state index is 0.0939. The predicted octanol–water partition coefficient (Wildman–Crippen LogP) is 3.97. The first-order chi connectivity index (χ1) is 17.3. The lowest BCUT2D eigenvalue weighted by molar-refractivity contribution is -0.127. The van der Waals surface area contributed by atoms with Gasteiger partial charge in [-0.2, -0.15) is 0 Å². The van der Waals surface area contributed by atoms with Gasteiger partial charge in [-0.15, -0.1) is 0 Å². The number of benzene rings is 3. The van der Waals surface area contributed by atoms with Crippen LogP contribution in [0.25, 0.3) is 0 Å². The van der Waals surface area contributed by atoms with Crippen LogP contribution in [0.3, 0.4) is 0 Å². The van der Waals surface area contributed by atoms with Gasteiger partial charge in [0.2, 0.25) is 0 Å². The molecule has 8 nitrogen and oxygen atoms in total. The van der Waals surface area contributed by atoms with Crippen molar-refractivity contribution in [1.82, 2.24) is 5.32 Å². The highest BCUT2D eigenvalue weighted by atomic mass is 32.2. The van der Waals surface area contributed by atoms with Crippen LogP contribution >= 0.6 is 0 Å². The average Bonchev–Trinajstić information content (AvgIpc) is 2.90. The molecular weight excluding hydrogens is 480 g/mol. The van der Waals surface area contributed by atoms with Gasteiger partial charge in [-0.25, -0.2) is 8.42 Å². The summed E-state index contributed by atoms with van der Waals surface area (Å²) >= 11 is 0. The van der Waals surface area contributed by atoms with Gasteiger partial charge in [0.05, 0.1) is 30.8 Å². The lowest BCUT2D eigenvalue weighted by atomic mass is 10.0. The van der Waals surface area contributed by atoms with Gasteiger partial charge >= 0.3 is 0 Å². The van der Waals surface area contributed by atoms with Crippen LogP contribution in [-0.2, 0) is 14.8 Å². The fourth-order valence-corrected chi connectivity index (χ4v) is 5.46. The molecular formula is C27H30N2O6S. The maximum atomic E-state index is 13.5. The maximum Gasteiger partial charge on any atom is 0.264 e. The second-order valence-electron chi connectivity index (χ2n) is 8.62. The Morgan fingerprint density at radius 1 is 1.06 bits per heavy atom. The Morgan fingerprint density at radius 2 is 1.75 bits per heavy atom. The molecule has 1 aliphatic heterocycles. The van der Waals surface area contributed by atoms with E-state index in [-0.39, 0.29) is 24.6 Å². The lowest BCUT2D eigenvalue weighted by Crippen LogP contribution is -2.51. The smallest absolute Gasteiger partial charge is 0.264 e. The molecule has 4 rings (SSSR count). The predicted molar refractivity (Wildman–Crippen MR) is 137 cm³/mol. The molecule has 1 amide bonds. The second kappa shape index (κ2) is 10.9. The van der Waals surface area contributed by atoms with E-state index in [4.69, 9.17) is 14.2 Å². The van der Waals surface area contributed by atoms with Gasteiger partial charge in [0, 0.05) is 0 Å². The molecule has 0 bridgehead atoms. The normalized spacial score (nSPS) is 15.1. The van der Waals surface area contributed by atoms with Crippen LogP contribution in [0.4, 0.5) is 5.69 Å². The molecule has 0 saturated carbocycles. The first-order valence-electron chi connectivity index (χ1n) is 11.7. The molecule has 1 heterocycles. The summed E-state index contributed by atoms with van der Waals surface area (Å²) in [5.74, 6) is 1.54. The molecule has 1 aliphatic rings. The standard InChI is InChI=1S/C27H30N2O6S/c1-19(2)22-8-4-6-10-24(22)34-17-16-28-27(30)26-18-29(23-9-5-7-11-25(23)35-26)36(31,32)21-14-12-20(33-3)13-15-21/h4-15,19,26H,16-18H2,1-3H3,(H,28,30). The molecule has 1 atom stereocenters. The number of carbonyl (C=O) groups is 1. The zero-order chi connectivity index (χ0) is 25.7. The molecule has 3 aromatic carbocycles. The largest absolute Gasteiger partial charge is 0.497 e. The van der Waals surface area contributed by atoms with Crippen LogP contribution in [0.1, 0.15) is 25.3 Å². The summed E-state index contributed by atoms with van der Waals surface area (Å²) in [5, 5.41) is 2.80. The van der Waals surface area contributed by atoms with Crippen molar-refractivity contribution >= 4 is 21.6 Å².